The zero-order valence-corrected chi connectivity index (χ0v) is 14.4. The number of imide groups is 1. The summed E-state index contributed by atoms with van der Waals surface area (Å²) >= 11 is 5.90. The Morgan fingerprint density at radius 3 is 2.39 bits per heavy atom. The minimum absolute atomic E-state index is 0.224. The molecule has 0 spiro atoms. The summed E-state index contributed by atoms with van der Waals surface area (Å²) in [5, 5.41) is 9.17. The molecule has 1 atom stereocenters. The number of rotatable bonds is 6. The average molecular weight is 339 g/mol. The Bertz CT molecular complexity index is 572. The first-order valence-corrected chi connectivity index (χ1v) is 8.12. The Kier molecular flexibility index (Phi) is 5.49. The van der Waals surface area contributed by atoms with Gasteiger partial charge in [0.2, 0.25) is 5.91 Å². The van der Waals surface area contributed by atoms with E-state index in [-0.39, 0.29) is 5.91 Å². The second-order valence-electron chi connectivity index (χ2n) is 5.76. The van der Waals surface area contributed by atoms with Gasteiger partial charge >= 0.3 is 6.03 Å². The van der Waals surface area contributed by atoms with Crippen molar-refractivity contribution in [2.75, 3.05) is 18.6 Å². The number of halogens is 1. The number of benzene rings is 1. The number of hydrogen-bond acceptors (Lipinski definition) is 4. The van der Waals surface area contributed by atoms with Crippen LogP contribution in [0.3, 0.4) is 0 Å². The third-order valence-electron chi connectivity index (χ3n) is 4.57. The van der Waals surface area contributed by atoms with Crippen LogP contribution in [0.4, 0.5) is 10.5 Å². The van der Waals surface area contributed by atoms with Crippen LogP contribution >= 0.6 is 11.6 Å². The first-order valence-electron chi connectivity index (χ1n) is 7.75. The van der Waals surface area contributed by atoms with Gasteiger partial charge in [-0.3, -0.25) is 15.4 Å². The largest absolute Gasteiger partial charge is 0.362 e. The molecule has 2 rings (SSSR count). The van der Waals surface area contributed by atoms with E-state index in [0.717, 1.165) is 5.69 Å². The van der Waals surface area contributed by atoms with Crippen LogP contribution < -0.4 is 20.9 Å². The summed E-state index contributed by atoms with van der Waals surface area (Å²) in [4.78, 5) is 25.9. The maximum absolute atomic E-state index is 12.3. The predicted molar refractivity (Wildman–Crippen MR) is 91.3 cm³/mol. The van der Waals surface area contributed by atoms with Gasteiger partial charge in [0, 0.05) is 17.8 Å². The molecule has 3 N–H and O–H groups in total. The summed E-state index contributed by atoms with van der Waals surface area (Å²) in [5.41, 5.74) is 0.349. The fourth-order valence-corrected chi connectivity index (χ4v) is 3.03. The van der Waals surface area contributed by atoms with Gasteiger partial charge in [-0.25, -0.2) is 4.79 Å². The highest BCUT2D eigenvalue weighted by molar-refractivity contribution is 6.30. The number of anilines is 1. The normalized spacial score (nSPS) is 19.9. The molecule has 1 saturated heterocycles. The van der Waals surface area contributed by atoms with Crippen molar-refractivity contribution in [1.29, 1.82) is 0 Å². The quantitative estimate of drug-likeness (QED) is 0.696. The highest BCUT2D eigenvalue weighted by Crippen LogP contribution is 2.32. The number of urea groups is 1. The van der Waals surface area contributed by atoms with E-state index >= 15 is 0 Å². The first kappa shape index (κ1) is 17.6. The van der Waals surface area contributed by atoms with E-state index < -0.39 is 17.6 Å². The molecule has 1 unspecified atom stereocenters. The Hall–Kier alpha value is -1.79. The molecule has 0 aliphatic carbocycles. The summed E-state index contributed by atoms with van der Waals surface area (Å²) in [6.45, 7) is 4.40. The molecular formula is C16H23ClN4O2. The minimum Gasteiger partial charge on any atom is -0.362 e. The lowest BCUT2D eigenvalue weighted by atomic mass is 9.77. The van der Waals surface area contributed by atoms with Crippen LogP contribution in [-0.2, 0) is 4.79 Å². The molecule has 126 valence electrons. The number of hydrogen-bond donors (Lipinski definition) is 3. The van der Waals surface area contributed by atoms with Gasteiger partial charge in [-0.05, 0) is 37.1 Å². The number of carbonyl (C=O) groups is 2. The molecule has 23 heavy (non-hydrogen) atoms. The van der Waals surface area contributed by atoms with Crippen LogP contribution in [0, 0.1) is 5.41 Å². The third-order valence-corrected chi connectivity index (χ3v) is 4.82. The van der Waals surface area contributed by atoms with Crippen molar-refractivity contribution in [3.8, 4) is 0 Å². The molecule has 1 heterocycles. The van der Waals surface area contributed by atoms with E-state index in [1.165, 1.54) is 0 Å². The smallest absolute Gasteiger partial charge is 0.322 e. The van der Waals surface area contributed by atoms with Crippen LogP contribution in [0.25, 0.3) is 0 Å². The van der Waals surface area contributed by atoms with Crippen LogP contribution in [0.2, 0.25) is 5.02 Å². The maximum atomic E-state index is 12.3. The molecule has 0 bridgehead atoms. The lowest BCUT2D eigenvalue weighted by molar-refractivity contribution is -0.134. The SMILES string of the molecule is CCC1(CC)C(=O)NC(=O)NC1NCN(C)c1ccc(Cl)cc1. The summed E-state index contributed by atoms with van der Waals surface area (Å²) < 4.78 is 0. The zero-order valence-electron chi connectivity index (χ0n) is 13.6. The molecule has 0 saturated carbocycles. The Balaban J connectivity index is 2.08. The van der Waals surface area contributed by atoms with E-state index in [4.69, 9.17) is 11.6 Å². The highest BCUT2D eigenvalue weighted by Gasteiger charge is 2.47. The van der Waals surface area contributed by atoms with E-state index in [1.54, 1.807) is 0 Å². The lowest BCUT2D eigenvalue weighted by Crippen LogP contribution is -2.69. The summed E-state index contributed by atoms with van der Waals surface area (Å²) in [7, 11) is 1.93. The molecule has 1 aliphatic heterocycles. The second-order valence-corrected chi connectivity index (χ2v) is 6.20. The molecule has 1 aliphatic rings. The van der Waals surface area contributed by atoms with E-state index in [9.17, 15) is 9.59 Å². The summed E-state index contributed by atoms with van der Waals surface area (Å²) in [6.07, 6.45) is 0.865. The molecule has 6 nitrogen and oxygen atoms in total. The van der Waals surface area contributed by atoms with E-state index in [1.807, 2.05) is 50.1 Å². The molecular weight excluding hydrogens is 316 g/mol. The van der Waals surface area contributed by atoms with Crippen molar-refractivity contribution < 1.29 is 9.59 Å². The lowest BCUT2D eigenvalue weighted by Gasteiger charge is -2.42. The average Bonchev–Trinajstić information content (AvgIpc) is 2.53. The van der Waals surface area contributed by atoms with Gasteiger partial charge in [0.15, 0.2) is 0 Å². The van der Waals surface area contributed by atoms with Gasteiger partial charge in [0.1, 0.15) is 0 Å². The van der Waals surface area contributed by atoms with Crippen molar-refractivity contribution in [3.63, 3.8) is 0 Å². The van der Waals surface area contributed by atoms with Gasteiger partial charge in [0.25, 0.3) is 0 Å². The molecule has 1 fully saturated rings. The molecule has 7 heteroatoms. The standard InChI is InChI=1S/C16H23ClN4O2/c1-4-16(5-2)13(19-15(23)20-14(16)22)18-10-21(3)12-8-6-11(17)7-9-12/h6-9,13,18H,4-5,10H2,1-3H3,(H2,19,20,22,23). The zero-order chi connectivity index (χ0) is 17.0. The number of amides is 3. The van der Waals surface area contributed by atoms with Gasteiger partial charge in [-0.15, -0.1) is 0 Å². The van der Waals surface area contributed by atoms with Gasteiger partial charge < -0.3 is 10.2 Å². The maximum Gasteiger partial charge on any atom is 0.322 e. The molecule has 1 aromatic rings. The van der Waals surface area contributed by atoms with Crippen molar-refractivity contribution in [3.05, 3.63) is 29.3 Å². The second kappa shape index (κ2) is 7.19. The van der Waals surface area contributed by atoms with E-state index in [0.29, 0.717) is 24.5 Å². The fraction of sp³-hybridized carbons (Fsp3) is 0.500. The van der Waals surface area contributed by atoms with Gasteiger partial charge in [-0.1, -0.05) is 25.4 Å². The Labute approximate surface area is 141 Å². The summed E-state index contributed by atoms with van der Waals surface area (Å²) in [5.74, 6) is -0.224. The van der Waals surface area contributed by atoms with Crippen molar-refractivity contribution in [1.82, 2.24) is 16.0 Å². The Morgan fingerprint density at radius 1 is 1.22 bits per heavy atom. The molecule has 0 aromatic heterocycles. The monoisotopic (exact) mass is 338 g/mol. The molecule has 0 radical (unpaired) electrons. The molecule has 3 amide bonds. The summed E-state index contributed by atoms with van der Waals surface area (Å²) in [6, 6.07) is 7.03. The van der Waals surface area contributed by atoms with Gasteiger partial charge in [-0.2, -0.15) is 0 Å². The van der Waals surface area contributed by atoms with E-state index in [2.05, 4.69) is 16.0 Å². The predicted octanol–water partition coefficient (Wildman–Crippen LogP) is 2.30. The third kappa shape index (κ3) is 3.59. The van der Waals surface area contributed by atoms with Crippen molar-refractivity contribution in [2.24, 2.45) is 5.41 Å². The Morgan fingerprint density at radius 2 is 1.83 bits per heavy atom. The number of nitrogens with one attached hydrogen (secondary N) is 3. The van der Waals surface area contributed by atoms with Gasteiger partial charge in [0.05, 0.1) is 18.2 Å². The minimum atomic E-state index is -0.644. The topological polar surface area (TPSA) is 73.5 Å². The number of nitrogens with zero attached hydrogens (tertiary/aromatic N) is 1. The van der Waals surface area contributed by atoms with Crippen LogP contribution in [0.1, 0.15) is 26.7 Å². The first-order chi connectivity index (χ1) is 10.9. The molecule has 1 aromatic carbocycles. The van der Waals surface area contributed by atoms with Crippen LogP contribution in [0.5, 0.6) is 0 Å². The fourth-order valence-electron chi connectivity index (χ4n) is 2.90. The van der Waals surface area contributed by atoms with Crippen molar-refractivity contribution in [2.45, 2.75) is 32.9 Å². The highest BCUT2D eigenvalue weighted by atomic mass is 35.5. The van der Waals surface area contributed by atoms with Crippen LogP contribution in [-0.4, -0.2) is 31.8 Å². The van der Waals surface area contributed by atoms with Crippen molar-refractivity contribution >= 4 is 29.2 Å². The van der Waals surface area contributed by atoms with Crippen LogP contribution in [0.15, 0.2) is 24.3 Å². The number of carbonyl (C=O) groups excluding carboxylic acids is 2.